The Balaban J connectivity index is 2.99. The van der Waals surface area contributed by atoms with Crippen molar-refractivity contribution in [2.45, 2.75) is 13.3 Å². The minimum absolute atomic E-state index is 0.0604. The number of Topliss-reactive ketones (excluding diaryl/α,β-unsaturated/α-hetero) is 1. The summed E-state index contributed by atoms with van der Waals surface area (Å²) in [6.07, 6.45) is 0.463. The lowest BCUT2D eigenvalue weighted by Gasteiger charge is -2.03. The predicted octanol–water partition coefficient (Wildman–Crippen LogP) is 2.67. The Kier molecular flexibility index (Phi) is 3.48. The normalized spacial score (nSPS) is 10.0. The second-order valence-corrected chi connectivity index (χ2v) is 3.65. The third-order valence-corrected chi connectivity index (χ3v) is 2.24. The number of phenolic OH excluding ortho intramolecular Hbond substituents is 1. The smallest absolute Gasteiger partial charge is 0.164 e. The monoisotopic (exact) mass is 242 g/mol. The summed E-state index contributed by atoms with van der Waals surface area (Å²) in [6.45, 7) is 1.86. The van der Waals surface area contributed by atoms with E-state index in [1.54, 1.807) is 12.1 Å². The van der Waals surface area contributed by atoms with Gasteiger partial charge in [-0.1, -0.05) is 22.0 Å². The number of hydrogen-bond acceptors (Lipinski definition) is 2. The molecule has 0 heterocycles. The second kappa shape index (κ2) is 4.42. The third kappa shape index (κ3) is 2.56. The first kappa shape index (κ1) is 10.3. The van der Waals surface area contributed by atoms with Gasteiger partial charge in [0.15, 0.2) is 5.78 Å². The van der Waals surface area contributed by atoms with Gasteiger partial charge in [0.1, 0.15) is 5.75 Å². The maximum Gasteiger partial charge on any atom is 0.164 e. The van der Waals surface area contributed by atoms with Crippen LogP contribution in [-0.4, -0.2) is 16.2 Å². The van der Waals surface area contributed by atoms with Gasteiger partial charge in [0.2, 0.25) is 0 Å². The van der Waals surface area contributed by atoms with Crippen LogP contribution in [0.15, 0.2) is 18.2 Å². The van der Waals surface area contributed by atoms with Gasteiger partial charge in [-0.25, -0.2) is 0 Å². The molecule has 0 aliphatic rings. The number of carbonyl (C=O) groups excluding carboxylic acids is 1. The SMILES string of the molecule is Cc1ccc(O)cc1C(=O)CCBr. The van der Waals surface area contributed by atoms with Crippen molar-refractivity contribution >= 4 is 21.7 Å². The largest absolute Gasteiger partial charge is 0.508 e. The summed E-state index contributed by atoms with van der Waals surface area (Å²) >= 11 is 3.21. The van der Waals surface area contributed by atoms with Crippen LogP contribution in [0, 0.1) is 6.92 Å². The van der Waals surface area contributed by atoms with E-state index in [0.717, 1.165) is 5.56 Å². The van der Waals surface area contributed by atoms with Crippen molar-refractivity contribution in [3.05, 3.63) is 29.3 Å². The standard InChI is InChI=1S/C10H11BrO2/c1-7-2-3-8(12)6-9(7)10(13)4-5-11/h2-3,6,12H,4-5H2,1H3. The van der Waals surface area contributed by atoms with Gasteiger partial charge in [-0.3, -0.25) is 4.79 Å². The van der Waals surface area contributed by atoms with Crippen molar-refractivity contribution in [2.75, 3.05) is 5.33 Å². The van der Waals surface area contributed by atoms with Crippen molar-refractivity contribution in [3.63, 3.8) is 0 Å². The number of hydrogen-bond donors (Lipinski definition) is 1. The molecule has 0 aliphatic heterocycles. The average Bonchev–Trinajstić information content (AvgIpc) is 2.09. The molecule has 0 atom stereocenters. The molecule has 0 aromatic heterocycles. The molecule has 1 N–H and O–H groups in total. The number of aromatic hydroxyl groups is 1. The van der Waals surface area contributed by atoms with E-state index in [-0.39, 0.29) is 11.5 Å². The van der Waals surface area contributed by atoms with Crippen LogP contribution >= 0.6 is 15.9 Å². The fourth-order valence-corrected chi connectivity index (χ4v) is 1.49. The Morgan fingerprint density at radius 1 is 1.54 bits per heavy atom. The molecule has 0 radical (unpaired) electrons. The summed E-state index contributed by atoms with van der Waals surface area (Å²) < 4.78 is 0. The Bertz CT molecular complexity index is 321. The number of carbonyl (C=O) groups is 1. The minimum Gasteiger partial charge on any atom is -0.508 e. The Morgan fingerprint density at radius 2 is 2.23 bits per heavy atom. The fraction of sp³-hybridized carbons (Fsp3) is 0.300. The Hall–Kier alpha value is -0.830. The highest BCUT2D eigenvalue weighted by atomic mass is 79.9. The van der Waals surface area contributed by atoms with Crippen LogP contribution in [0.4, 0.5) is 0 Å². The molecule has 0 spiro atoms. The maximum absolute atomic E-state index is 11.5. The van der Waals surface area contributed by atoms with Gasteiger partial charge in [0.25, 0.3) is 0 Å². The molecule has 1 aromatic carbocycles. The van der Waals surface area contributed by atoms with Gasteiger partial charge in [0, 0.05) is 17.3 Å². The molecule has 70 valence electrons. The topological polar surface area (TPSA) is 37.3 Å². The maximum atomic E-state index is 11.5. The van der Waals surface area contributed by atoms with Crippen molar-refractivity contribution < 1.29 is 9.90 Å². The molecule has 13 heavy (non-hydrogen) atoms. The van der Waals surface area contributed by atoms with Crippen molar-refractivity contribution in [3.8, 4) is 5.75 Å². The molecule has 0 unspecified atom stereocenters. The van der Waals surface area contributed by atoms with Crippen LogP contribution in [-0.2, 0) is 0 Å². The molecule has 2 nitrogen and oxygen atoms in total. The number of alkyl halides is 1. The highest BCUT2D eigenvalue weighted by Crippen LogP contribution is 2.17. The van der Waals surface area contributed by atoms with Gasteiger partial charge in [-0.15, -0.1) is 0 Å². The number of rotatable bonds is 3. The Labute approximate surface area is 85.7 Å². The van der Waals surface area contributed by atoms with E-state index >= 15 is 0 Å². The van der Waals surface area contributed by atoms with Crippen LogP contribution in [0.3, 0.4) is 0 Å². The third-order valence-electron chi connectivity index (χ3n) is 1.84. The number of phenols is 1. The summed E-state index contributed by atoms with van der Waals surface area (Å²) in [4.78, 5) is 11.5. The van der Waals surface area contributed by atoms with Crippen molar-refractivity contribution in [1.82, 2.24) is 0 Å². The summed E-state index contributed by atoms with van der Waals surface area (Å²) in [6, 6.07) is 4.84. The lowest BCUT2D eigenvalue weighted by Crippen LogP contribution is -2.01. The predicted molar refractivity (Wildman–Crippen MR) is 55.6 cm³/mol. The van der Waals surface area contributed by atoms with Crippen LogP contribution in [0.5, 0.6) is 5.75 Å². The first-order chi connectivity index (χ1) is 6.15. The quantitative estimate of drug-likeness (QED) is 0.654. The highest BCUT2D eigenvalue weighted by Gasteiger charge is 2.08. The zero-order valence-electron chi connectivity index (χ0n) is 7.38. The summed E-state index contributed by atoms with van der Waals surface area (Å²) in [5.41, 5.74) is 1.52. The minimum atomic E-state index is 0.0604. The molecule has 0 bridgehead atoms. The average molecular weight is 243 g/mol. The van der Waals surface area contributed by atoms with E-state index in [4.69, 9.17) is 0 Å². The number of halogens is 1. The summed E-state index contributed by atoms with van der Waals surface area (Å²) in [5.74, 6) is 0.203. The first-order valence-electron chi connectivity index (χ1n) is 4.04. The molecule has 1 rings (SSSR count). The van der Waals surface area contributed by atoms with Gasteiger partial charge in [-0.2, -0.15) is 0 Å². The lowest BCUT2D eigenvalue weighted by molar-refractivity contribution is 0.0989. The van der Waals surface area contributed by atoms with E-state index in [9.17, 15) is 9.90 Å². The van der Waals surface area contributed by atoms with E-state index in [0.29, 0.717) is 17.3 Å². The van der Waals surface area contributed by atoms with Gasteiger partial charge in [0.05, 0.1) is 0 Å². The van der Waals surface area contributed by atoms with Crippen molar-refractivity contribution in [2.24, 2.45) is 0 Å². The zero-order valence-corrected chi connectivity index (χ0v) is 8.97. The number of aryl methyl sites for hydroxylation is 1. The van der Waals surface area contributed by atoms with Crippen molar-refractivity contribution in [1.29, 1.82) is 0 Å². The summed E-state index contributed by atoms with van der Waals surface area (Å²) in [5, 5.41) is 9.84. The van der Waals surface area contributed by atoms with Gasteiger partial charge < -0.3 is 5.11 Å². The van der Waals surface area contributed by atoms with Gasteiger partial charge in [-0.05, 0) is 24.6 Å². The molecule has 1 aromatic rings. The molecule has 0 aliphatic carbocycles. The molecule has 0 saturated carbocycles. The summed E-state index contributed by atoms with van der Waals surface area (Å²) in [7, 11) is 0. The van der Waals surface area contributed by atoms with E-state index in [2.05, 4.69) is 15.9 Å². The molecule has 0 fully saturated rings. The first-order valence-corrected chi connectivity index (χ1v) is 5.16. The van der Waals surface area contributed by atoms with Crippen LogP contribution in [0.25, 0.3) is 0 Å². The molecule has 3 heteroatoms. The molecule has 0 amide bonds. The van der Waals surface area contributed by atoms with Crippen LogP contribution in [0.1, 0.15) is 22.3 Å². The fourth-order valence-electron chi connectivity index (χ4n) is 1.13. The zero-order chi connectivity index (χ0) is 9.84. The van der Waals surface area contributed by atoms with E-state index in [1.807, 2.05) is 6.92 Å². The van der Waals surface area contributed by atoms with Crippen LogP contribution < -0.4 is 0 Å². The molecule has 0 saturated heterocycles. The van der Waals surface area contributed by atoms with Gasteiger partial charge >= 0.3 is 0 Å². The van der Waals surface area contributed by atoms with E-state index < -0.39 is 0 Å². The van der Waals surface area contributed by atoms with E-state index in [1.165, 1.54) is 6.07 Å². The molecular weight excluding hydrogens is 232 g/mol. The second-order valence-electron chi connectivity index (χ2n) is 2.86. The molecular formula is C10H11BrO2. The number of benzene rings is 1. The van der Waals surface area contributed by atoms with Crippen LogP contribution in [0.2, 0.25) is 0 Å². The number of ketones is 1. The Morgan fingerprint density at radius 3 is 2.85 bits per heavy atom. The highest BCUT2D eigenvalue weighted by molar-refractivity contribution is 9.09. The lowest BCUT2D eigenvalue weighted by atomic mass is 10.0.